The van der Waals surface area contributed by atoms with E-state index in [0.29, 0.717) is 31.0 Å². The second-order valence-electron chi connectivity index (χ2n) is 7.35. The fourth-order valence-corrected chi connectivity index (χ4v) is 5.30. The summed E-state index contributed by atoms with van der Waals surface area (Å²) in [5.74, 6) is 0.0608. The summed E-state index contributed by atoms with van der Waals surface area (Å²) in [6, 6.07) is 6.79. The van der Waals surface area contributed by atoms with Crippen LogP contribution in [0.2, 0.25) is 0 Å². The highest BCUT2D eigenvalue weighted by Gasteiger charge is 2.32. The summed E-state index contributed by atoms with van der Waals surface area (Å²) in [4.78, 5) is 13.1. The largest absolute Gasteiger partial charge is 0.368 e. The van der Waals surface area contributed by atoms with Crippen LogP contribution in [0.4, 0.5) is 5.82 Å². The maximum absolute atomic E-state index is 13.5. The number of carbonyl (C=O) groups is 1. The van der Waals surface area contributed by atoms with E-state index in [1.165, 1.54) is 0 Å². The molecular formula is C21H28N2O4S. The Morgan fingerprint density at radius 3 is 2.46 bits per heavy atom. The smallest absolute Gasteiger partial charge is 0.254 e. The lowest BCUT2D eigenvalue weighted by atomic mass is 10.2. The number of ether oxygens (including phenoxy) is 1. The van der Waals surface area contributed by atoms with Gasteiger partial charge in [0.25, 0.3) is 5.91 Å². The molecule has 1 atom stereocenters. The number of carbonyl (C=O) groups excluding carboxylic acids is 1. The molecule has 1 saturated heterocycles. The molecule has 152 valence electrons. The number of sulfone groups is 1. The van der Waals surface area contributed by atoms with Crippen molar-refractivity contribution < 1.29 is 17.9 Å². The van der Waals surface area contributed by atoms with Crippen molar-refractivity contribution in [1.82, 2.24) is 4.57 Å². The maximum atomic E-state index is 13.5. The molecule has 1 aromatic heterocycles. The van der Waals surface area contributed by atoms with Gasteiger partial charge >= 0.3 is 0 Å². The van der Waals surface area contributed by atoms with Crippen molar-refractivity contribution in [3.63, 3.8) is 0 Å². The molecule has 1 amide bonds. The fraction of sp³-hybridized carbons (Fsp3) is 0.476. The molecule has 1 aliphatic rings. The predicted molar refractivity (Wildman–Crippen MR) is 108 cm³/mol. The van der Waals surface area contributed by atoms with Crippen LogP contribution in [0.5, 0.6) is 0 Å². The zero-order valence-electron chi connectivity index (χ0n) is 16.9. The molecule has 0 aliphatic carbocycles. The lowest BCUT2D eigenvalue weighted by Crippen LogP contribution is -2.29. The van der Waals surface area contributed by atoms with Crippen molar-refractivity contribution in [3.05, 3.63) is 41.1 Å². The molecule has 0 saturated carbocycles. The molecule has 7 heteroatoms. The van der Waals surface area contributed by atoms with E-state index in [2.05, 4.69) is 5.32 Å². The molecule has 28 heavy (non-hydrogen) atoms. The third-order valence-electron chi connectivity index (χ3n) is 5.28. The number of aryl methyl sites for hydroxylation is 1. The van der Waals surface area contributed by atoms with Crippen LogP contribution in [0.25, 0.3) is 0 Å². The summed E-state index contributed by atoms with van der Waals surface area (Å²) in [5, 5.41) is 2.87. The number of nitrogens with one attached hydrogen (secondary N) is 1. The van der Waals surface area contributed by atoms with Crippen LogP contribution in [0.3, 0.4) is 0 Å². The minimum atomic E-state index is -3.78. The third-order valence-corrected chi connectivity index (χ3v) is 7.21. The number of rotatable bonds is 6. The molecule has 0 unspecified atom stereocenters. The minimum Gasteiger partial charge on any atom is -0.368 e. The molecule has 0 spiro atoms. The van der Waals surface area contributed by atoms with Crippen LogP contribution in [0.15, 0.2) is 34.1 Å². The molecule has 2 aromatic rings. The molecule has 1 N–H and O–H groups in total. The van der Waals surface area contributed by atoms with Crippen LogP contribution in [-0.2, 0) is 25.9 Å². The number of anilines is 1. The summed E-state index contributed by atoms with van der Waals surface area (Å²) in [7, 11) is -3.78. The highest BCUT2D eigenvalue weighted by molar-refractivity contribution is 7.91. The van der Waals surface area contributed by atoms with Gasteiger partial charge < -0.3 is 14.6 Å². The van der Waals surface area contributed by atoms with Crippen LogP contribution in [0.1, 0.15) is 43.0 Å². The lowest BCUT2D eigenvalue weighted by molar-refractivity contribution is -0.124. The first-order valence-electron chi connectivity index (χ1n) is 9.71. The maximum Gasteiger partial charge on any atom is 0.254 e. The first kappa shape index (κ1) is 20.6. The second-order valence-corrected chi connectivity index (χ2v) is 9.23. The van der Waals surface area contributed by atoms with Gasteiger partial charge in [0, 0.05) is 18.8 Å². The van der Waals surface area contributed by atoms with Crippen LogP contribution < -0.4 is 5.32 Å². The zero-order valence-corrected chi connectivity index (χ0v) is 17.7. The topological polar surface area (TPSA) is 77.4 Å². The number of aromatic nitrogens is 1. The SMILES string of the molecule is CCCn1c(C)c(C)c(S(=O)(=O)c2ccc(C)cc2)c1NC(=O)[C@H]1CCCO1. The van der Waals surface area contributed by atoms with Crippen molar-refractivity contribution in [3.8, 4) is 0 Å². The molecule has 2 heterocycles. The first-order chi connectivity index (χ1) is 13.3. The minimum absolute atomic E-state index is 0.175. The van der Waals surface area contributed by atoms with Gasteiger partial charge in [0.15, 0.2) is 0 Å². The van der Waals surface area contributed by atoms with Crippen molar-refractivity contribution in [1.29, 1.82) is 0 Å². The molecular weight excluding hydrogens is 376 g/mol. The average molecular weight is 405 g/mol. The molecule has 1 aromatic carbocycles. The van der Waals surface area contributed by atoms with E-state index in [9.17, 15) is 13.2 Å². The summed E-state index contributed by atoms with van der Waals surface area (Å²) >= 11 is 0. The number of amides is 1. The van der Waals surface area contributed by atoms with E-state index in [1.54, 1.807) is 31.2 Å². The Morgan fingerprint density at radius 2 is 1.89 bits per heavy atom. The van der Waals surface area contributed by atoms with Crippen molar-refractivity contribution in [2.24, 2.45) is 0 Å². The van der Waals surface area contributed by atoms with Crippen LogP contribution in [0, 0.1) is 20.8 Å². The lowest BCUT2D eigenvalue weighted by Gasteiger charge is -2.16. The Labute approximate surface area is 166 Å². The van der Waals surface area contributed by atoms with Crippen LogP contribution >= 0.6 is 0 Å². The molecule has 1 aliphatic heterocycles. The van der Waals surface area contributed by atoms with E-state index in [-0.39, 0.29) is 15.7 Å². The second kappa shape index (κ2) is 8.09. The molecule has 6 nitrogen and oxygen atoms in total. The van der Waals surface area contributed by atoms with Gasteiger partial charge in [-0.05, 0) is 57.7 Å². The van der Waals surface area contributed by atoms with Gasteiger partial charge in [-0.2, -0.15) is 0 Å². The monoisotopic (exact) mass is 404 g/mol. The van der Waals surface area contributed by atoms with Gasteiger partial charge in [0.05, 0.1) is 4.90 Å². The fourth-order valence-electron chi connectivity index (χ4n) is 3.61. The quantitative estimate of drug-likeness (QED) is 0.795. The van der Waals surface area contributed by atoms with Gasteiger partial charge in [-0.1, -0.05) is 24.6 Å². The Kier molecular flexibility index (Phi) is 5.95. The Bertz CT molecular complexity index is 969. The van der Waals surface area contributed by atoms with Crippen LogP contribution in [-0.4, -0.2) is 31.6 Å². The third kappa shape index (κ3) is 3.73. The van der Waals surface area contributed by atoms with E-state index in [4.69, 9.17) is 4.74 Å². The highest BCUT2D eigenvalue weighted by Crippen LogP contribution is 2.36. The summed E-state index contributed by atoms with van der Waals surface area (Å²) in [5.41, 5.74) is 2.49. The van der Waals surface area contributed by atoms with Gasteiger partial charge in [0.2, 0.25) is 9.84 Å². The number of hydrogen-bond donors (Lipinski definition) is 1. The Balaban J connectivity index is 2.12. The zero-order chi connectivity index (χ0) is 20.5. The highest BCUT2D eigenvalue weighted by atomic mass is 32.2. The van der Waals surface area contributed by atoms with E-state index in [0.717, 1.165) is 24.1 Å². The van der Waals surface area contributed by atoms with E-state index >= 15 is 0 Å². The van der Waals surface area contributed by atoms with Gasteiger partial charge in [-0.25, -0.2) is 8.42 Å². The summed E-state index contributed by atoms with van der Waals surface area (Å²) in [6.45, 7) is 8.80. The Hall–Kier alpha value is -2.12. The first-order valence-corrected chi connectivity index (χ1v) is 11.2. The summed E-state index contributed by atoms with van der Waals surface area (Å²) < 4.78 is 34.3. The van der Waals surface area contributed by atoms with Gasteiger partial charge in [0.1, 0.15) is 16.8 Å². The number of hydrogen-bond acceptors (Lipinski definition) is 4. The predicted octanol–water partition coefficient (Wildman–Crippen LogP) is 3.77. The van der Waals surface area contributed by atoms with Gasteiger partial charge in [-0.15, -0.1) is 0 Å². The van der Waals surface area contributed by atoms with Crippen molar-refractivity contribution >= 4 is 21.6 Å². The van der Waals surface area contributed by atoms with Crippen molar-refractivity contribution in [2.75, 3.05) is 11.9 Å². The average Bonchev–Trinajstić information content (AvgIpc) is 3.26. The van der Waals surface area contributed by atoms with E-state index < -0.39 is 15.9 Å². The Morgan fingerprint density at radius 1 is 1.21 bits per heavy atom. The van der Waals surface area contributed by atoms with Crippen molar-refractivity contribution in [2.45, 2.75) is 69.4 Å². The molecule has 0 bridgehead atoms. The molecule has 3 rings (SSSR count). The van der Waals surface area contributed by atoms with Gasteiger partial charge in [-0.3, -0.25) is 4.79 Å². The summed E-state index contributed by atoms with van der Waals surface area (Å²) in [6.07, 6.45) is 1.78. The molecule has 0 radical (unpaired) electrons. The normalized spacial score (nSPS) is 17.1. The number of nitrogens with zero attached hydrogens (tertiary/aromatic N) is 1. The standard InChI is InChI=1S/C21H28N2O4S/c1-5-12-23-16(4)15(3)19(20(23)22-21(24)18-7-6-13-27-18)28(25,26)17-10-8-14(2)9-11-17/h8-11,18H,5-7,12-13H2,1-4H3,(H,22,24)/t18-/m1/s1. The molecule has 1 fully saturated rings. The number of benzene rings is 1. The van der Waals surface area contributed by atoms with E-state index in [1.807, 2.05) is 25.3 Å².